The maximum absolute atomic E-state index is 5.34. The van der Waals surface area contributed by atoms with E-state index in [4.69, 9.17) is 6.42 Å². The Balaban J connectivity index is 1.82. The van der Waals surface area contributed by atoms with E-state index in [9.17, 15) is 0 Å². The number of hydrogen-bond donors (Lipinski definition) is 2. The standard InChI is InChI=1S/C14H22N4/c1-3-9-18-10-5-12(6-11-18)17-13(4-2)14-15-7-8-16-14/h1,7-8,12-13,17H,4-6,9-11H2,2H3,(H,15,16). The highest BCUT2D eigenvalue weighted by Gasteiger charge is 2.22. The van der Waals surface area contributed by atoms with E-state index in [2.05, 4.69) is 33.0 Å². The van der Waals surface area contributed by atoms with Crippen LogP contribution in [-0.4, -0.2) is 40.5 Å². The molecule has 98 valence electrons. The molecule has 0 saturated carbocycles. The van der Waals surface area contributed by atoms with Gasteiger partial charge in [0, 0.05) is 31.5 Å². The van der Waals surface area contributed by atoms with Gasteiger partial charge < -0.3 is 10.3 Å². The zero-order valence-corrected chi connectivity index (χ0v) is 11.0. The largest absolute Gasteiger partial charge is 0.347 e. The second kappa shape index (κ2) is 6.58. The first-order valence-corrected chi connectivity index (χ1v) is 6.74. The number of nitrogens with zero attached hydrogens (tertiary/aromatic N) is 2. The smallest absolute Gasteiger partial charge is 0.123 e. The average molecular weight is 246 g/mol. The maximum atomic E-state index is 5.34. The summed E-state index contributed by atoms with van der Waals surface area (Å²) in [6.45, 7) is 5.16. The molecule has 1 atom stereocenters. The third kappa shape index (κ3) is 3.34. The summed E-state index contributed by atoms with van der Waals surface area (Å²) in [5.41, 5.74) is 0. The van der Waals surface area contributed by atoms with Crippen LogP contribution in [0, 0.1) is 12.3 Å². The highest BCUT2D eigenvalue weighted by molar-refractivity contribution is 4.97. The first-order valence-electron chi connectivity index (χ1n) is 6.74. The summed E-state index contributed by atoms with van der Waals surface area (Å²) in [5.74, 6) is 3.76. The normalized spacial score (nSPS) is 19.6. The minimum absolute atomic E-state index is 0.337. The summed E-state index contributed by atoms with van der Waals surface area (Å²) in [5, 5.41) is 3.70. The van der Waals surface area contributed by atoms with E-state index >= 15 is 0 Å². The van der Waals surface area contributed by atoms with Gasteiger partial charge in [0.15, 0.2) is 0 Å². The van der Waals surface area contributed by atoms with E-state index in [-0.39, 0.29) is 0 Å². The van der Waals surface area contributed by atoms with Gasteiger partial charge in [-0.3, -0.25) is 4.90 Å². The quantitative estimate of drug-likeness (QED) is 0.775. The van der Waals surface area contributed by atoms with Crippen LogP contribution in [0.15, 0.2) is 12.4 Å². The van der Waals surface area contributed by atoms with E-state index in [1.165, 1.54) is 12.8 Å². The second-order valence-electron chi connectivity index (χ2n) is 4.86. The van der Waals surface area contributed by atoms with Crippen LogP contribution in [0.25, 0.3) is 0 Å². The number of piperidine rings is 1. The molecule has 0 amide bonds. The summed E-state index contributed by atoms with van der Waals surface area (Å²) >= 11 is 0. The Bertz CT molecular complexity index is 371. The monoisotopic (exact) mass is 246 g/mol. The van der Waals surface area contributed by atoms with Crippen LogP contribution in [0.4, 0.5) is 0 Å². The summed E-state index contributed by atoms with van der Waals surface area (Å²) in [6, 6.07) is 0.915. The molecular weight excluding hydrogens is 224 g/mol. The molecule has 2 N–H and O–H groups in total. The topological polar surface area (TPSA) is 44.0 Å². The molecule has 1 aliphatic heterocycles. The van der Waals surface area contributed by atoms with E-state index in [0.29, 0.717) is 12.1 Å². The van der Waals surface area contributed by atoms with E-state index in [0.717, 1.165) is 31.9 Å². The summed E-state index contributed by atoms with van der Waals surface area (Å²) in [6.07, 6.45) is 12.4. The number of aromatic amines is 1. The maximum Gasteiger partial charge on any atom is 0.123 e. The number of H-pyrrole nitrogens is 1. The fourth-order valence-electron chi connectivity index (χ4n) is 2.53. The predicted octanol–water partition coefficient (Wildman–Crippen LogP) is 1.55. The van der Waals surface area contributed by atoms with Crippen molar-refractivity contribution >= 4 is 0 Å². The Kier molecular flexibility index (Phi) is 4.80. The van der Waals surface area contributed by atoms with Crippen molar-refractivity contribution in [3.63, 3.8) is 0 Å². The minimum atomic E-state index is 0.337. The van der Waals surface area contributed by atoms with Crippen molar-refractivity contribution in [3.8, 4) is 12.3 Å². The van der Waals surface area contributed by atoms with Crippen LogP contribution in [0.3, 0.4) is 0 Å². The molecule has 2 rings (SSSR count). The highest BCUT2D eigenvalue weighted by atomic mass is 15.1. The number of aromatic nitrogens is 2. The van der Waals surface area contributed by atoms with Crippen LogP contribution in [0.2, 0.25) is 0 Å². The van der Waals surface area contributed by atoms with Crippen molar-refractivity contribution in [2.45, 2.75) is 38.3 Å². The summed E-state index contributed by atoms with van der Waals surface area (Å²) < 4.78 is 0. The van der Waals surface area contributed by atoms with Gasteiger partial charge in [0.25, 0.3) is 0 Å². The fraction of sp³-hybridized carbons (Fsp3) is 0.643. The van der Waals surface area contributed by atoms with Gasteiger partial charge in [-0.25, -0.2) is 4.98 Å². The van der Waals surface area contributed by atoms with E-state index < -0.39 is 0 Å². The molecule has 0 aliphatic carbocycles. The first kappa shape index (κ1) is 13.1. The Hall–Kier alpha value is -1.31. The molecule has 1 fully saturated rings. The van der Waals surface area contributed by atoms with Crippen molar-refractivity contribution in [1.29, 1.82) is 0 Å². The van der Waals surface area contributed by atoms with Crippen LogP contribution in [-0.2, 0) is 0 Å². The number of hydrogen-bond acceptors (Lipinski definition) is 3. The zero-order valence-electron chi connectivity index (χ0n) is 11.0. The molecule has 1 saturated heterocycles. The lowest BCUT2D eigenvalue weighted by Gasteiger charge is -2.33. The van der Waals surface area contributed by atoms with Gasteiger partial charge in [-0.1, -0.05) is 12.8 Å². The van der Waals surface area contributed by atoms with Crippen molar-refractivity contribution in [1.82, 2.24) is 20.2 Å². The lowest BCUT2D eigenvalue weighted by atomic mass is 10.0. The van der Waals surface area contributed by atoms with Crippen molar-refractivity contribution < 1.29 is 0 Å². The van der Waals surface area contributed by atoms with Gasteiger partial charge in [-0.15, -0.1) is 6.42 Å². The highest BCUT2D eigenvalue weighted by Crippen LogP contribution is 2.17. The van der Waals surface area contributed by atoms with Crippen LogP contribution < -0.4 is 5.32 Å². The molecule has 0 radical (unpaired) electrons. The molecule has 0 aromatic carbocycles. The molecule has 4 heteroatoms. The molecule has 18 heavy (non-hydrogen) atoms. The van der Waals surface area contributed by atoms with Crippen LogP contribution in [0.1, 0.15) is 38.1 Å². The molecule has 2 heterocycles. The van der Waals surface area contributed by atoms with Crippen LogP contribution in [0.5, 0.6) is 0 Å². The van der Waals surface area contributed by atoms with Gasteiger partial charge in [0.05, 0.1) is 12.6 Å². The Morgan fingerprint density at radius 1 is 1.61 bits per heavy atom. The fourth-order valence-corrected chi connectivity index (χ4v) is 2.53. The van der Waals surface area contributed by atoms with E-state index in [1.807, 2.05) is 12.4 Å². The summed E-state index contributed by atoms with van der Waals surface area (Å²) in [7, 11) is 0. The molecule has 4 nitrogen and oxygen atoms in total. The Morgan fingerprint density at radius 2 is 2.39 bits per heavy atom. The number of nitrogens with one attached hydrogen (secondary N) is 2. The lowest BCUT2D eigenvalue weighted by molar-refractivity contribution is 0.207. The van der Waals surface area contributed by atoms with Crippen molar-refractivity contribution in [2.75, 3.05) is 19.6 Å². The Morgan fingerprint density at radius 3 is 2.94 bits per heavy atom. The second-order valence-corrected chi connectivity index (χ2v) is 4.86. The van der Waals surface area contributed by atoms with Gasteiger partial charge in [-0.05, 0) is 19.3 Å². The van der Waals surface area contributed by atoms with Crippen molar-refractivity contribution in [2.24, 2.45) is 0 Å². The molecule has 0 bridgehead atoms. The first-order chi connectivity index (χ1) is 8.83. The van der Waals surface area contributed by atoms with Gasteiger partial charge in [-0.2, -0.15) is 0 Å². The molecule has 1 aromatic heterocycles. The van der Waals surface area contributed by atoms with Crippen molar-refractivity contribution in [3.05, 3.63) is 18.2 Å². The zero-order chi connectivity index (χ0) is 12.8. The molecule has 1 aromatic rings. The SMILES string of the molecule is C#CCN1CCC(NC(CC)c2ncc[nH]2)CC1. The molecule has 1 aliphatic rings. The lowest BCUT2D eigenvalue weighted by Crippen LogP contribution is -2.43. The molecule has 0 spiro atoms. The van der Waals surface area contributed by atoms with Crippen LogP contribution >= 0.6 is 0 Å². The minimum Gasteiger partial charge on any atom is -0.347 e. The third-order valence-corrected chi connectivity index (χ3v) is 3.60. The van der Waals surface area contributed by atoms with Gasteiger partial charge >= 0.3 is 0 Å². The predicted molar refractivity (Wildman–Crippen MR) is 73.1 cm³/mol. The number of imidazole rings is 1. The van der Waals surface area contributed by atoms with Gasteiger partial charge in [0.1, 0.15) is 5.82 Å². The number of likely N-dealkylation sites (tertiary alicyclic amines) is 1. The Labute approximate surface area is 109 Å². The van der Waals surface area contributed by atoms with Gasteiger partial charge in [0.2, 0.25) is 0 Å². The molecule has 1 unspecified atom stereocenters. The average Bonchev–Trinajstić information content (AvgIpc) is 2.92. The van der Waals surface area contributed by atoms with E-state index in [1.54, 1.807) is 0 Å². The molecular formula is C14H22N4. The third-order valence-electron chi connectivity index (χ3n) is 3.60. The number of rotatable bonds is 5. The number of terminal acetylenes is 1. The summed E-state index contributed by atoms with van der Waals surface area (Å²) in [4.78, 5) is 9.88.